The molecule has 22 heavy (non-hydrogen) atoms. The average Bonchev–Trinajstić information content (AvgIpc) is 2.89. The minimum absolute atomic E-state index is 0.0286. The fourth-order valence-corrected chi connectivity index (χ4v) is 4.43. The highest BCUT2D eigenvalue weighted by atomic mass is 32.2. The van der Waals surface area contributed by atoms with Gasteiger partial charge < -0.3 is 9.64 Å². The van der Waals surface area contributed by atoms with Gasteiger partial charge in [0.15, 0.2) is 11.6 Å². The number of halogens is 1. The van der Waals surface area contributed by atoms with E-state index in [0.29, 0.717) is 6.04 Å². The molecule has 7 heteroatoms. The Hall–Kier alpha value is -1.18. The van der Waals surface area contributed by atoms with Crippen LogP contribution in [-0.4, -0.2) is 46.6 Å². The van der Waals surface area contributed by atoms with Crippen LogP contribution in [0.15, 0.2) is 17.0 Å². The van der Waals surface area contributed by atoms with Crippen molar-refractivity contribution in [2.24, 2.45) is 0 Å². The molecule has 1 aromatic carbocycles. The van der Waals surface area contributed by atoms with Gasteiger partial charge >= 0.3 is 0 Å². The molecule has 1 fully saturated rings. The van der Waals surface area contributed by atoms with Crippen LogP contribution in [0.2, 0.25) is 0 Å². The van der Waals surface area contributed by atoms with Crippen LogP contribution in [0.3, 0.4) is 0 Å². The number of methoxy groups -OCH3 is 1. The lowest BCUT2D eigenvalue weighted by Gasteiger charge is -2.19. The maximum atomic E-state index is 14.1. The van der Waals surface area contributed by atoms with Crippen molar-refractivity contribution >= 4 is 10.0 Å². The molecule has 1 aromatic rings. The molecule has 2 atom stereocenters. The number of nitrogens with zero attached hydrogens (tertiary/aromatic N) is 1. The van der Waals surface area contributed by atoms with Crippen LogP contribution < -0.4 is 9.46 Å². The summed E-state index contributed by atoms with van der Waals surface area (Å²) in [7, 11) is 1.60. The predicted octanol–water partition coefficient (Wildman–Crippen LogP) is 1.90. The Morgan fingerprint density at radius 2 is 2.00 bits per heavy atom. The zero-order chi connectivity index (χ0) is 16.5. The number of sulfonamides is 1. The molecule has 5 nitrogen and oxygen atoms in total. The van der Waals surface area contributed by atoms with Gasteiger partial charge in [-0.2, -0.15) is 0 Å². The second kappa shape index (κ2) is 6.52. The first-order chi connectivity index (χ1) is 10.3. The van der Waals surface area contributed by atoms with Crippen molar-refractivity contribution in [1.29, 1.82) is 0 Å². The Morgan fingerprint density at radius 1 is 1.32 bits per heavy atom. The lowest BCUT2D eigenvalue weighted by molar-refractivity contribution is 0.295. The van der Waals surface area contributed by atoms with E-state index in [-0.39, 0.29) is 22.3 Å². The lowest BCUT2D eigenvalue weighted by atomic mass is 10.2. The fourth-order valence-electron chi connectivity index (χ4n) is 2.91. The molecule has 0 heterocycles. The standard InChI is InChI=1S/C15H23FN2O3S/c1-10-14(8-7-13(21-4)15(10)16)22(19,20)17-11-5-6-12(9-11)18(2)3/h7-8,11-12,17H,5-6,9H2,1-4H3/t11-,12+/m0/s1. The van der Waals surface area contributed by atoms with Gasteiger partial charge in [0.1, 0.15) is 0 Å². The van der Waals surface area contributed by atoms with E-state index in [1.807, 2.05) is 14.1 Å². The highest BCUT2D eigenvalue weighted by molar-refractivity contribution is 7.89. The van der Waals surface area contributed by atoms with E-state index in [1.54, 1.807) is 0 Å². The third-order valence-electron chi connectivity index (χ3n) is 4.27. The highest BCUT2D eigenvalue weighted by Crippen LogP contribution is 2.28. The molecule has 124 valence electrons. The van der Waals surface area contributed by atoms with Crippen molar-refractivity contribution in [3.05, 3.63) is 23.5 Å². The third-order valence-corrected chi connectivity index (χ3v) is 5.93. The first kappa shape index (κ1) is 17.2. The Morgan fingerprint density at radius 3 is 2.55 bits per heavy atom. The van der Waals surface area contributed by atoms with E-state index in [1.165, 1.54) is 26.2 Å². The van der Waals surface area contributed by atoms with Crippen molar-refractivity contribution < 1.29 is 17.5 Å². The van der Waals surface area contributed by atoms with Crippen molar-refractivity contribution in [2.45, 2.75) is 43.2 Å². The van der Waals surface area contributed by atoms with Gasteiger partial charge in [0, 0.05) is 17.6 Å². The molecule has 2 rings (SSSR count). The highest BCUT2D eigenvalue weighted by Gasteiger charge is 2.31. The first-order valence-corrected chi connectivity index (χ1v) is 8.76. The summed E-state index contributed by atoms with van der Waals surface area (Å²) in [6, 6.07) is 3.00. The summed E-state index contributed by atoms with van der Waals surface area (Å²) < 4.78 is 46.6. The van der Waals surface area contributed by atoms with Crippen LogP contribution in [-0.2, 0) is 10.0 Å². The van der Waals surface area contributed by atoms with Crippen LogP contribution in [0, 0.1) is 12.7 Å². The van der Waals surface area contributed by atoms with E-state index in [4.69, 9.17) is 4.74 Å². The molecule has 0 aromatic heterocycles. The smallest absolute Gasteiger partial charge is 0.241 e. The van der Waals surface area contributed by atoms with Crippen molar-refractivity contribution in [2.75, 3.05) is 21.2 Å². The molecular formula is C15H23FN2O3S. The maximum absolute atomic E-state index is 14.1. The molecule has 1 aliphatic rings. The van der Waals surface area contributed by atoms with Gasteiger partial charge in [-0.05, 0) is 52.4 Å². The number of nitrogens with one attached hydrogen (secondary N) is 1. The molecule has 1 aliphatic carbocycles. The van der Waals surface area contributed by atoms with Gasteiger partial charge in [-0.15, -0.1) is 0 Å². The molecule has 0 radical (unpaired) electrons. The number of hydrogen-bond acceptors (Lipinski definition) is 4. The van der Waals surface area contributed by atoms with Gasteiger partial charge in [-0.25, -0.2) is 17.5 Å². The molecule has 0 spiro atoms. The van der Waals surface area contributed by atoms with E-state index >= 15 is 0 Å². The van der Waals surface area contributed by atoms with E-state index in [2.05, 4.69) is 9.62 Å². The number of ether oxygens (including phenoxy) is 1. The summed E-state index contributed by atoms with van der Waals surface area (Å²) in [5, 5.41) is 0. The topological polar surface area (TPSA) is 58.6 Å². The third kappa shape index (κ3) is 3.42. The minimum atomic E-state index is -3.74. The Labute approximate surface area is 131 Å². The fraction of sp³-hybridized carbons (Fsp3) is 0.600. The number of benzene rings is 1. The van der Waals surface area contributed by atoms with Gasteiger partial charge in [-0.3, -0.25) is 0 Å². The predicted molar refractivity (Wildman–Crippen MR) is 83.1 cm³/mol. The monoisotopic (exact) mass is 330 g/mol. The molecule has 1 N–H and O–H groups in total. The minimum Gasteiger partial charge on any atom is -0.494 e. The van der Waals surface area contributed by atoms with Crippen LogP contribution in [0.5, 0.6) is 5.75 Å². The van der Waals surface area contributed by atoms with Crippen LogP contribution >= 0.6 is 0 Å². The summed E-state index contributed by atoms with van der Waals surface area (Å²) in [4.78, 5) is 2.08. The van der Waals surface area contributed by atoms with E-state index in [9.17, 15) is 12.8 Å². The van der Waals surface area contributed by atoms with Crippen LogP contribution in [0.1, 0.15) is 24.8 Å². The Bertz CT molecular complexity index is 646. The van der Waals surface area contributed by atoms with Gasteiger partial charge in [0.25, 0.3) is 0 Å². The quantitative estimate of drug-likeness (QED) is 0.896. The molecule has 0 aliphatic heterocycles. The largest absolute Gasteiger partial charge is 0.494 e. The number of rotatable bonds is 5. The van der Waals surface area contributed by atoms with Crippen molar-refractivity contribution in [1.82, 2.24) is 9.62 Å². The molecule has 0 bridgehead atoms. The Balaban J connectivity index is 2.20. The molecule has 0 unspecified atom stereocenters. The average molecular weight is 330 g/mol. The summed E-state index contributed by atoms with van der Waals surface area (Å²) in [6.07, 6.45) is 2.51. The SMILES string of the molecule is COc1ccc(S(=O)(=O)N[C@H]2CC[C@@H](N(C)C)C2)c(C)c1F. The zero-order valence-electron chi connectivity index (χ0n) is 13.4. The summed E-state index contributed by atoms with van der Waals surface area (Å²) >= 11 is 0. The van der Waals surface area contributed by atoms with Crippen LogP contribution in [0.4, 0.5) is 4.39 Å². The second-order valence-electron chi connectivity index (χ2n) is 5.95. The second-order valence-corrected chi connectivity index (χ2v) is 7.64. The van der Waals surface area contributed by atoms with Gasteiger partial charge in [0.2, 0.25) is 10.0 Å². The summed E-state index contributed by atoms with van der Waals surface area (Å²) in [6.45, 7) is 1.45. The molecule has 0 amide bonds. The zero-order valence-corrected chi connectivity index (χ0v) is 14.2. The van der Waals surface area contributed by atoms with Crippen LogP contribution in [0.25, 0.3) is 0 Å². The van der Waals surface area contributed by atoms with Gasteiger partial charge in [0.05, 0.1) is 12.0 Å². The van der Waals surface area contributed by atoms with Crippen molar-refractivity contribution in [3.8, 4) is 5.75 Å². The maximum Gasteiger partial charge on any atom is 0.241 e. The lowest BCUT2D eigenvalue weighted by Crippen LogP contribution is -2.35. The van der Waals surface area contributed by atoms with E-state index in [0.717, 1.165) is 19.3 Å². The van der Waals surface area contributed by atoms with Crippen molar-refractivity contribution in [3.63, 3.8) is 0 Å². The van der Waals surface area contributed by atoms with Gasteiger partial charge in [-0.1, -0.05) is 0 Å². The van der Waals surface area contributed by atoms with E-state index < -0.39 is 15.8 Å². The summed E-state index contributed by atoms with van der Waals surface area (Å²) in [5.41, 5.74) is 0.0778. The normalized spacial score (nSPS) is 22.3. The summed E-state index contributed by atoms with van der Waals surface area (Å²) in [5.74, 6) is -0.590. The molecular weight excluding hydrogens is 307 g/mol. The Kier molecular flexibility index (Phi) is 5.09. The first-order valence-electron chi connectivity index (χ1n) is 7.28. The molecule has 1 saturated carbocycles. The molecule has 0 saturated heterocycles. The number of hydrogen-bond donors (Lipinski definition) is 1.